The molecule has 0 fully saturated rings. The van der Waals surface area contributed by atoms with Gasteiger partial charge in [0.15, 0.2) is 5.16 Å². The lowest BCUT2D eigenvalue weighted by Gasteiger charge is -2.29. The number of fused-ring (bicyclic) bond motifs is 2. The minimum absolute atomic E-state index is 0.492. The van der Waals surface area contributed by atoms with Crippen molar-refractivity contribution in [3.05, 3.63) is 53.1 Å². The maximum Gasteiger partial charge on any atom is 0.197 e. The second-order valence-corrected chi connectivity index (χ2v) is 7.82. The summed E-state index contributed by atoms with van der Waals surface area (Å²) >= 11 is 0. The van der Waals surface area contributed by atoms with Crippen LogP contribution in [0.4, 0.5) is 5.69 Å². The zero-order valence-corrected chi connectivity index (χ0v) is 14.8. The van der Waals surface area contributed by atoms with Gasteiger partial charge in [0.2, 0.25) is 0 Å². The van der Waals surface area contributed by atoms with Crippen molar-refractivity contribution in [2.24, 2.45) is 0 Å². The molecule has 1 N–H and O–H groups in total. The fraction of sp³-hybridized carbons (Fsp3) is 0.316. The lowest BCUT2D eigenvalue weighted by Crippen LogP contribution is -2.26. The van der Waals surface area contributed by atoms with Crippen molar-refractivity contribution >= 4 is 27.5 Å². The van der Waals surface area contributed by atoms with Gasteiger partial charge in [-0.15, -0.1) is 0 Å². The summed E-state index contributed by atoms with van der Waals surface area (Å²) in [6.45, 7) is 3.08. The minimum Gasteiger partial charge on any atom is -0.374 e. The third kappa shape index (κ3) is 2.63. The molecule has 4 nitrogen and oxygen atoms in total. The Hall–Kier alpha value is -2.14. The zero-order chi connectivity index (χ0) is 16.7. The Labute approximate surface area is 144 Å². The second-order valence-electron chi connectivity index (χ2n) is 6.45. The Morgan fingerprint density at radius 1 is 1.25 bits per heavy atom. The topological polar surface area (TPSA) is 49.0 Å². The number of hydrogen-bond donors (Lipinski definition) is 1. The van der Waals surface area contributed by atoms with Crippen LogP contribution in [0.5, 0.6) is 0 Å². The largest absolute Gasteiger partial charge is 0.374 e. The summed E-state index contributed by atoms with van der Waals surface area (Å²) in [6, 6.07) is 12.3. The van der Waals surface area contributed by atoms with E-state index in [9.17, 15) is 4.21 Å². The number of nitrogens with one attached hydrogen (secondary N) is 1. The standard InChI is InChI=1S/C19H21N3OS/c1-13-6-3-10-16-17(13)21-19(20-16)24(23)12-15-8-4-7-14-9-5-11-22(2)18(14)15/h3-4,6-8,10H,5,9,11-12H2,1-2H3,(H,20,21). The molecular weight excluding hydrogens is 318 g/mol. The molecule has 0 saturated carbocycles. The fourth-order valence-corrected chi connectivity index (χ4v) is 4.61. The summed E-state index contributed by atoms with van der Waals surface area (Å²) in [6.07, 6.45) is 2.28. The van der Waals surface area contributed by atoms with Gasteiger partial charge < -0.3 is 9.88 Å². The number of imidazole rings is 1. The van der Waals surface area contributed by atoms with Crippen LogP contribution in [0.1, 0.15) is 23.1 Å². The van der Waals surface area contributed by atoms with E-state index >= 15 is 0 Å². The van der Waals surface area contributed by atoms with Crippen LogP contribution in [0.15, 0.2) is 41.6 Å². The van der Waals surface area contributed by atoms with Crippen molar-refractivity contribution < 1.29 is 4.21 Å². The molecule has 1 unspecified atom stereocenters. The number of para-hydroxylation sites is 2. The van der Waals surface area contributed by atoms with Crippen LogP contribution in [0.25, 0.3) is 11.0 Å². The van der Waals surface area contributed by atoms with E-state index in [-0.39, 0.29) is 0 Å². The highest BCUT2D eigenvalue weighted by Crippen LogP contribution is 2.31. The van der Waals surface area contributed by atoms with Crippen LogP contribution < -0.4 is 4.90 Å². The third-order valence-electron chi connectivity index (χ3n) is 4.72. The molecule has 1 aromatic heterocycles. The average Bonchev–Trinajstić information content (AvgIpc) is 3.01. The Bertz CT molecular complexity index is 932. The van der Waals surface area contributed by atoms with E-state index in [4.69, 9.17) is 0 Å². The number of rotatable bonds is 3. The summed E-state index contributed by atoms with van der Waals surface area (Å²) in [4.78, 5) is 10.1. The number of H-pyrrole nitrogens is 1. The smallest absolute Gasteiger partial charge is 0.197 e. The molecule has 1 aliphatic heterocycles. The molecule has 4 rings (SSSR count). The first kappa shape index (κ1) is 15.4. The molecule has 5 heteroatoms. The molecule has 1 atom stereocenters. The first-order chi connectivity index (χ1) is 11.6. The Kier molecular flexibility index (Phi) is 3.88. The summed E-state index contributed by atoms with van der Waals surface area (Å²) in [5, 5.41) is 0.565. The van der Waals surface area contributed by atoms with Gasteiger partial charge in [0.25, 0.3) is 0 Å². The third-order valence-corrected chi connectivity index (χ3v) is 5.92. The Morgan fingerprint density at radius 3 is 2.92 bits per heavy atom. The number of aryl methyl sites for hydroxylation is 2. The first-order valence-electron chi connectivity index (χ1n) is 8.29. The summed E-state index contributed by atoms with van der Waals surface area (Å²) in [5.74, 6) is 0.492. The molecule has 3 aromatic rings. The molecule has 0 aliphatic carbocycles. The average molecular weight is 339 g/mol. The minimum atomic E-state index is -1.18. The van der Waals surface area contributed by atoms with Crippen LogP contribution in [0, 0.1) is 6.92 Å². The predicted molar refractivity (Wildman–Crippen MR) is 99.0 cm³/mol. The number of aromatic nitrogens is 2. The van der Waals surface area contributed by atoms with Gasteiger partial charge in [-0.25, -0.2) is 4.98 Å². The van der Waals surface area contributed by atoms with Crippen molar-refractivity contribution in [1.29, 1.82) is 0 Å². The summed E-state index contributed by atoms with van der Waals surface area (Å²) < 4.78 is 12.9. The number of benzene rings is 2. The molecule has 2 aromatic carbocycles. The molecule has 2 heterocycles. The lowest BCUT2D eigenvalue weighted by atomic mass is 9.99. The summed E-state index contributed by atoms with van der Waals surface area (Å²) in [5.41, 5.74) is 6.72. The lowest BCUT2D eigenvalue weighted by molar-refractivity contribution is 0.677. The second kappa shape index (κ2) is 6.06. The normalized spacial score (nSPS) is 15.5. The van der Waals surface area contributed by atoms with Crippen LogP contribution in [-0.2, 0) is 23.0 Å². The molecule has 0 bridgehead atoms. The highest BCUT2D eigenvalue weighted by Gasteiger charge is 2.20. The maximum absolute atomic E-state index is 12.9. The number of hydrogen-bond acceptors (Lipinski definition) is 3. The van der Waals surface area contributed by atoms with Gasteiger partial charge in [0.1, 0.15) is 0 Å². The summed E-state index contributed by atoms with van der Waals surface area (Å²) in [7, 11) is 0.938. The molecule has 124 valence electrons. The van der Waals surface area contributed by atoms with Crippen LogP contribution >= 0.6 is 0 Å². The van der Waals surface area contributed by atoms with E-state index in [1.54, 1.807) is 0 Å². The molecular formula is C19H21N3OS. The molecule has 0 spiro atoms. The van der Waals surface area contributed by atoms with E-state index in [2.05, 4.69) is 40.1 Å². The first-order valence-corrected chi connectivity index (χ1v) is 9.61. The quantitative estimate of drug-likeness (QED) is 0.794. The van der Waals surface area contributed by atoms with Crippen molar-refractivity contribution in [3.8, 4) is 0 Å². The molecule has 0 radical (unpaired) electrons. The predicted octanol–water partition coefficient (Wildman–Crippen LogP) is 3.56. The molecule has 24 heavy (non-hydrogen) atoms. The number of nitrogens with zero attached hydrogens (tertiary/aromatic N) is 2. The van der Waals surface area contributed by atoms with E-state index in [0.717, 1.165) is 35.1 Å². The van der Waals surface area contributed by atoms with Gasteiger partial charge in [0.05, 0.1) is 27.6 Å². The molecule has 1 aliphatic rings. The van der Waals surface area contributed by atoms with Crippen molar-refractivity contribution in [2.45, 2.75) is 30.7 Å². The fourth-order valence-electron chi connectivity index (χ4n) is 3.54. The monoisotopic (exact) mass is 339 g/mol. The highest BCUT2D eigenvalue weighted by molar-refractivity contribution is 7.84. The number of aromatic amines is 1. The van der Waals surface area contributed by atoms with Gasteiger partial charge in [-0.2, -0.15) is 0 Å². The van der Waals surface area contributed by atoms with Gasteiger partial charge in [-0.1, -0.05) is 30.3 Å². The van der Waals surface area contributed by atoms with E-state index in [1.807, 2.05) is 25.1 Å². The van der Waals surface area contributed by atoms with Gasteiger partial charge in [-0.3, -0.25) is 4.21 Å². The van der Waals surface area contributed by atoms with Crippen LogP contribution in [-0.4, -0.2) is 27.8 Å². The number of anilines is 1. The van der Waals surface area contributed by atoms with E-state index in [0.29, 0.717) is 10.9 Å². The highest BCUT2D eigenvalue weighted by atomic mass is 32.2. The maximum atomic E-state index is 12.9. The molecule has 0 saturated heterocycles. The van der Waals surface area contributed by atoms with Crippen molar-refractivity contribution in [3.63, 3.8) is 0 Å². The van der Waals surface area contributed by atoms with Gasteiger partial charge in [0, 0.05) is 19.3 Å². The van der Waals surface area contributed by atoms with E-state index in [1.165, 1.54) is 17.7 Å². The molecule has 0 amide bonds. The van der Waals surface area contributed by atoms with Crippen LogP contribution in [0.3, 0.4) is 0 Å². The van der Waals surface area contributed by atoms with Crippen molar-refractivity contribution in [1.82, 2.24) is 9.97 Å². The Morgan fingerprint density at radius 2 is 2.08 bits per heavy atom. The van der Waals surface area contributed by atoms with Crippen molar-refractivity contribution in [2.75, 3.05) is 18.5 Å². The Balaban J connectivity index is 1.68. The van der Waals surface area contributed by atoms with Gasteiger partial charge >= 0.3 is 0 Å². The SMILES string of the molecule is Cc1cccc2[nH]c(S(=O)Cc3cccc4c3N(C)CCC4)nc12. The van der Waals surface area contributed by atoms with E-state index < -0.39 is 10.8 Å². The zero-order valence-electron chi connectivity index (χ0n) is 14.0. The van der Waals surface area contributed by atoms with Gasteiger partial charge in [-0.05, 0) is 42.5 Å². The van der Waals surface area contributed by atoms with Crippen LogP contribution in [0.2, 0.25) is 0 Å².